The van der Waals surface area contributed by atoms with Crippen molar-refractivity contribution >= 4 is 16.6 Å². The van der Waals surface area contributed by atoms with E-state index in [1.165, 1.54) is 24.8 Å². The van der Waals surface area contributed by atoms with Gasteiger partial charge in [-0.05, 0) is 12.0 Å². The zero-order valence-electron chi connectivity index (χ0n) is 10.4. The van der Waals surface area contributed by atoms with Crippen molar-refractivity contribution in [1.29, 1.82) is 0 Å². The Labute approximate surface area is 102 Å². The monoisotopic (exact) mass is 234 g/mol. The zero-order valence-corrected chi connectivity index (χ0v) is 12.4. The molecule has 0 aliphatic heterocycles. The minimum Gasteiger partial charge on any atom is -0.422 e. The van der Waals surface area contributed by atoms with Crippen molar-refractivity contribution < 1.29 is 4.43 Å². The van der Waals surface area contributed by atoms with Gasteiger partial charge in [-0.15, -0.1) is 0 Å². The van der Waals surface area contributed by atoms with Gasteiger partial charge in [-0.2, -0.15) is 0 Å². The highest BCUT2D eigenvalue weighted by molar-refractivity contribution is 5.98. The largest absolute Gasteiger partial charge is 0.422 e. The van der Waals surface area contributed by atoms with Gasteiger partial charge in [0.2, 0.25) is 0 Å². The van der Waals surface area contributed by atoms with Gasteiger partial charge in [0.05, 0.1) is 6.10 Å². The number of unbranched alkanes of at least 4 members (excludes halogenated alkanes) is 2. The number of benzene rings is 1. The molecule has 0 amide bonds. The molecule has 0 saturated carbocycles. The molecule has 0 heterocycles. The van der Waals surface area contributed by atoms with Crippen molar-refractivity contribution in [3.8, 4) is 0 Å². The predicted molar refractivity (Wildman–Crippen MR) is 74.4 cm³/mol. The standard InChI is InChI=1S/C14H22OSi/c1-2-3-5-10-14(15-16)12-11-13-8-6-4-7-9-13/h4,6-9,11-12,14H,2-3,5,10H2,1,16H3. The maximum Gasteiger partial charge on any atom is 0.146 e. The van der Waals surface area contributed by atoms with Gasteiger partial charge < -0.3 is 4.43 Å². The Hall–Kier alpha value is -0.863. The summed E-state index contributed by atoms with van der Waals surface area (Å²) >= 11 is 0. The van der Waals surface area contributed by atoms with Gasteiger partial charge in [0.25, 0.3) is 0 Å². The summed E-state index contributed by atoms with van der Waals surface area (Å²) in [5, 5.41) is 0. The van der Waals surface area contributed by atoms with Gasteiger partial charge >= 0.3 is 0 Å². The van der Waals surface area contributed by atoms with E-state index in [0.717, 1.165) is 16.9 Å². The number of rotatable bonds is 7. The molecule has 16 heavy (non-hydrogen) atoms. The van der Waals surface area contributed by atoms with Crippen molar-refractivity contribution in [2.75, 3.05) is 0 Å². The number of hydrogen-bond donors (Lipinski definition) is 0. The van der Waals surface area contributed by atoms with Crippen LogP contribution < -0.4 is 0 Å². The lowest BCUT2D eigenvalue weighted by molar-refractivity contribution is 0.257. The van der Waals surface area contributed by atoms with Gasteiger partial charge in [0, 0.05) is 0 Å². The van der Waals surface area contributed by atoms with E-state index in [1.807, 2.05) is 6.07 Å². The summed E-state index contributed by atoms with van der Waals surface area (Å²) in [5.41, 5.74) is 1.25. The van der Waals surface area contributed by atoms with Crippen molar-refractivity contribution in [2.24, 2.45) is 0 Å². The third-order valence-electron chi connectivity index (χ3n) is 2.70. The first-order valence-corrected chi connectivity index (χ1v) is 6.94. The molecule has 88 valence electrons. The normalized spacial score (nSPS) is 13.3. The molecule has 0 aliphatic carbocycles. The first kappa shape index (κ1) is 13.2. The molecule has 0 spiro atoms. The van der Waals surface area contributed by atoms with Gasteiger partial charge in [-0.3, -0.25) is 0 Å². The van der Waals surface area contributed by atoms with Crippen molar-refractivity contribution in [2.45, 2.75) is 38.7 Å². The highest BCUT2D eigenvalue weighted by Crippen LogP contribution is 2.09. The summed E-state index contributed by atoms with van der Waals surface area (Å²) in [6, 6.07) is 10.4. The average Bonchev–Trinajstić information content (AvgIpc) is 2.35. The Bertz CT molecular complexity index is 295. The first-order valence-electron chi connectivity index (χ1n) is 6.13. The van der Waals surface area contributed by atoms with Gasteiger partial charge in [-0.25, -0.2) is 0 Å². The van der Waals surface area contributed by atoms with Gasteiger partial charge in [-0.1, -0.05) is 68.7 Å². The molecule has 1 unspecified atom stereocenters. The smallest absolute Gasteiger partial charge is 0.146 e. The minimum atomic E-state index is 0.318. The van der Waals surface area contributed by atoms with Crippen molar-refractivity contribution in [3.05, 3.63) is 42.0 Å². The van der Waals surface area contributed by atoms with Gasteiger partial charge in [0.1, 0.15) is 10.5 Å². The molecule has 1 aromatic rings. The molecule has 1 aromatic carbocycles. The van der Waals surface area contributed by atoms with Crippen LogP contribution in [0, 0.1) is 0 Å². The molecule has 0 radical (unpaired) electrons. The van der Waals surface area contributed by atoms with Crippen LogP contribution in [0.3, 0.4) is 0 Å². The third-order valence-corrected chi connectivity index (χ3v) is 3.30. The summed E-state index contributed by atoms with van der Waals surface area (Å²) in [4.78, 5) is 0. The Kier molecular flexibility index (Phi) is 6.86. The second-order valence-electron chi connectivity index (χ2n) is 4.04. The van der Waals surface area contributed by atoms with E-state index in [9.17, 15) is 0 Å². The molecule has 2 heteroatoms. The van der Waals surface area contributed by atoms with E-state index in [4.69, 9.17) is 4.43 Å². The summed E-state index contributed by atoms with van der Waals surface area (Å²) in [6.07, 6.45) is 9.67. The average molecular weight is 234 g/mol. The van der Waals surface area contributed by atoms with Crippen molar-refractivity contribution in [1.82, 2.24) is 0 Å². The third kappa shape index (κ3) is 5.28. The predicted octanol–water partition coefficient (Wildman–Crippen LogP) is 2.95. The SMILES string of the molecule is CCCCCC(C=Cc1ccccc1)O[SiH3]. The quantitative estimate of drug-likeness (QED) is 0.521. The second kappa shape index (κ2) is 8.31. The van der Waals surface area contributed by atoms with Crippen LogP contribution in [-0.4, -0.2) is 16.6 Å². The molecule has 1 rings (SSSR count). The highest BCUT2D eigenvalue weighted by atomic mass is 28.2. The van der Waals surface area contributed by atoms with Gasteiger partial charge in [0.15, 0.2) is 0 Å². The molecule has 0 aromatic heterocycles. The van der Waals surface area contributed by atoms with Crippen LogP contribution in [0.1, 0.15) is 38.2 Å². The lowest BCUT2D eigenvalue weighted by Crippen LogP contribution is -2.07. The summed E-state index contributed by atoms with van der Waals surface area (Å²) < 4.78 is 5.57. The zero-order chi connectivity index (χ0) is 11.6. The van der Waals surface area contributed by atoms with E-state index >= 15 is 0 Å². The first-order chi connectivity index (χ1) is 7.86. The lowest BCUT2D eigenvalue weighted by atomic mass is 10.1. The summed E-state index contributed by atoms with van der Waals surface area (Å²) in [6.45, 7) is 2.23. The van der Waals surface area contributed by atoms with E-state index in [1.54, 1.807) is 0 Å². The highest BCUT2D eigenvalue weighted by Gasteiger charge is 2.00. The Morgan fingerprint density at radius 3 is 2.62 bits per heavy atom. The minimum absolute atomic E-state index is 0.318. The molecular formula is C14H22OSi. The number of hydrogen-bond acceptors (Lipinski definition) is 1. The fourth-order valence-electron chi connectivity index (χ4n) is 1.67. The Balaban J connectivity index is 2.40. The maximum atomic E-state index is 5.57. The second-order valence-corrected chi connectivity index (χ2v) is 4.51. The van der Waals surface area contributed by atoms with Crippen LogP contribution in [0.25, 0.3) is 6.08 Å². The fraction of sp³-hybridized carbons (Fsp3) is 0.429. The van der Waals surface area contributed by atoms with Crippen LogP contribution in [0.5, 0.6) is 0 Å². The summed E-state index contributed by atoms with van der Waals surface area (Å²) in [5.74, 6) is 0. The summed E-state index contributed by atoms with van der Waals surface area (Å²) in [7, 11) is 0.816. The van der Waals surface area contributed by atoms with E-state index in [2.05, 4.69) is 43.3 Å². The molecule has 0 bridgehead atoms. The Morgan fingerprint density at radius 2 is 2.00 bits per heavy atom. The lowest BCUT2D eigenvalue weighted by Gasteiger charge is -2.10. The molecule has 1 atom stereocenters. The van der Waals surface area contributed by atoms with E-state index < -0.39 is 0 Å². The van der Waals surface area contributed by atoms with Crippen LogP contribution in [0.15, 0.2) is 36.4 Å². The molecular weight excluding hydrogens is 212 g/mol. The molecule has 0 fully saturated rings. The molecule has 0 saturated heterocycles. The van der Waals surface area contributed by atoms with Crippen LogP contribution in [0.2, 0.25) is 0 Å². The molecule has 1 nitrogen and oxygen atoms in total. The fourth-order valence-corrected chi connectivity index (χ4v) is 2.06. The topological polar surface area (TPSA) is 9.23 Å². The van der Waals surface area contributed by atoms with Crippen LogP contribution in [-0.2, 0) is 4.43 Å². The Morgan fingerprint density at radius 1 is 1.25 bits per heavy atom. The van der Waals surface area contributed by atoms with Crippen LogP contribution >= 0.6 is 0 Å². The van der Waals surface area contributed by atoms with Crippen molar-refractivity contribution in [3.63, 3.8) is 0 Å². The van der Waals surface area contributed by atoms with E-state index in [0.29, 0.717) is 6.10 Å². The van der Waals surface area contributed by atoms with E-state index in [-0.39, 0.29) is 0 Å². The maximum absolute atomic E-state index is 5.57. The molecule has 0 N–H and O–H groups in total. The molecule has 0 aliphatic rings. The van der Waals surface area contributed by atoms with Crippen LogP contribution in [0.4, 0.5) is 0 Å².